The van der Waals surface area contributed by atoms with E-state index in [2.05, 4.69) is 10.6 Å². The maximum atomic E-state index is 11.0. The summed E-state index contributed by atoms with van der Waals surface area (Å²) in [5, 5.41) is 16.8. The minimum absolute atomic E-state index is 0.0591. The topological polar surface area (TPSA) is 84.3 Å². The summed E-state index contributed by atoms with van der Waals surface area (Å²) in [6, 6.07) is 5.10. The second kappa shape index (κ2) is 5.03. The van der Waals surface area contributed by atoms with Crippen LogP contribution in [0.25, 0.3) is 0 Å². The predicted molar refractivity (Wildman–Crippen MR) is 67.5 cm³/mol. The van der Waals surface area contributed by atoms with Gasteiger partial charge in [0, 0.05) is 36.3 Å². The Labute approximate surface area is 105 Å². The summed E-state index contributed by atoms with van der Waals surface area (Å²) < 4.78 is 0. The maximum absolute atomic E-state index is 11.0. The SMILES string of the molecule is Cc1c(NC2CCC(=O)NC2)cccc1[N+](=O)[O-]. The van der Waals surface area contributed by atoms with E-state index in [9.17, 15) is 14.9 Å². The third-order valence-electron chi connectivity index (χ3n) is 3.13. The van der Waals surface area contributed by atoms with Crippen molar-refractivity contribution in [2.45, 2.75) is 25.8 Å². The molecule has 6 heteroatoms. The van der Waals surface area contributed by atoms with Crippen molar-refractivity contribution in [2.24, 2.45) is 0 Å². The third-order valence-corrected chi connectivity index (χ3v) is 3.13. The van der Waals surface area contributed by atoms with E-state index in [1.54, 1.807) is 13.0 Å². The molecule has 1 aliphatic rings. The van der Waals surface area contributed by atoms with Crippen molar-refractivity contribution >= 4 is 17.3 Å². The number of rotatable bonds is 3. The lowest BCUT2D eigenvalue weighted by Crippen LogP contribution is -2.42. The molecule has 0 radical (unpaired) electrons. The molecule has 0 saturated carbocycles. The second-order valence-corrected chi connectivity index (χ2v) is 4.39. The fourth-order valence-corrected chi connectivity index (χ4v) is 2.05. The van der Waals surface area contributed by atoms with E-state index >= 15 is 0 Å². The van der Waals surface area contributed by atoms with Crippen LogP contribution >= 0.6 is 0 Å². The fraction of sp³-hybridized carbons (Fsp3) is 0.417. The highest BCUT2D eigenvalue weighted by Crippen LogP contribution is 2.26. The summed E-state index contributed by atoms with van der Waals surface area (Å²) in [5.41, 5.74) is 1.49. The van der Waals surface area contributed by atoms with E-state index in [-0.39, 0.29) is 22.6 Å². The third kappa shape index (κ3) is 2.58. The first-order valence-corrected chi connectivity index (χ1v) is 5.85. The van der Waals surface area contributed by atoms with Crippen LogP contribution in [0.15, 0.2) is 18.2 Å². The monoisotopic (exact) mass is 249 g/mol. The zero-order chi connectivity index (χ0) is 13.1. The normalized spacial score (nSPS) is 19.2. The molecule has 1 aliphatic heterocycles. The Morgan fingerprint density at radius 1 is 1.50 bits per heavy atom. The lowest BCUT2D eigenvalue weighted by molar-refractivity contribution is -0.385. The van der Waals surface area contributed by atoms with Gasteiger partial charge < -0.3 is 10.6 Å². The Kier molecular flexibility index (Phi) is 3.45. The zero-order valence-corrected chi connectivity index (χ0v) is 10.1. The van der Waals surface area contributed by atoms with Crippen molar-refractivity contribution in [3.8, 4) is 0 Å². The number of amides is 1. The number of hydrogen-bond donors (Lipinski definition) is 2. The van der Waals surface area contributed by atoms with Gasteiger partial charge in [-0.1, -0.05) is 6.07 Å². The van der Waals surface area contributed by atoms with Crippen LogP contribution in [0, 0.1) is 17.0 Å². The van der Waals surface area contributed by atoms with Crippen LogP contribution in [-0.2, 0) is 4.79 Å². The van der Waals surface area contributed by atoms with Crippen molar-refractivity contribution in [1.29, 1.82) is 0 Å². The van der Waals surface area contributed by atoms with Crippen LogP contribution < -0.4 is 10.6 Å². The Bertz CT molecular complexity index is 477. The quantitative estimate of drug-likeness (QED) is 0.629. The van der Waals surface area contributed by atoms with E-state index in [0.717, 1.165) is 12.1 Å². The molecule has 1 saturated heterocycles. The zero-order valence-electron chi connectivity index (χ0n) is 10.1. The highest BCUT2D eigenvalue weighted by atomic mass is 16.6. The average molecular weight is 249 g/mol. The molecular weight excluding hydrogens is 234 g/mol. The first-order chi connectivity index (χ1) is 8.58. The standard InChI is InChI=1S/C12H15N3O3/c1-8-10(3-2-4-11(8)15(17)18)14-9-5-6-12(16)13-7-9/h2-4,9,14H,5-7H2,1H3,(H,13,16). The minimum atomic E-state index is -0.386. The molecule has 1 atom stereocenters. The van der Waals surface area contributed by atoms with Crippen molar-refractivity contribution < 1.29 is 9.72 Å². The minimum Gasteiger partial charge on any atom is -0.380 e. The Hall–Kier alpha value is -2.11. The predicted octanol–water partition coefficient (Wildman–Crippen LogP) is 1.59. The molecule has 0 aromatic heterocycles. The van der Waals surface area contributed by atoms with E-state index in [1.807, 2.05) is 6.07 Å². The Morgan fingerprint density at radius 2 is 2.28 bits per heavy atom. The number of benzene rings is 1. The highest BCUT2D eigenvalue weighted by molar-refractivity contribution is 5.77. The fourth-order valence-electron chi connectivity index (χ4n) is 2.05. The van der Waals surface area contributed by atoms with Gasteiger partial charge in [0.1, 0.15) is 0 Å². The molecule has 0 bridgehead atoms. The summed E-state index contributed by atoms with van der Waals surface area (Å²) in [7, 11) is 0. The molecule has 1 amide bonds. The van der Waals surface area contributed by atoms with Crippen LogP contribution in [0.3, 0.4) is 0 Å². The maximum Gasteiger partial charge on any atom is 0.274 e. The van der Waals surface area contributed by atoms with Gasteiger partial charge in [0.25, 0.3) is 5.69 Å². The summed E-state index contributed by atoms with van der Waals surface area (Å²) in [5.74, 6) is 0.0591. The number of anilines is 1. The summed E-state index contributed by atoms with van der Waals surface area (Å²) in [4.78, 5) is 21.5. The van der Waals surface area contributed by atoms with Crippen LogP contribution in [0.4, 0.5) is 11.4 Å². The van der Waals surface area contributed by atoms with Gasteiger partial charge >= 0.3 is 0 Å². The molecule has 1 unspecified atom stereocenters. The van der Waals surface area contributed by atoms with Gasteiger partial charge in [0.15, 0.2) is 0 Å². The summed E-state index contributed by atoms with van der Waals surface area (Å²) in [6.07, 6.45) is 1.24. The van der Waals surface area contributed by atoms with Crippen molar-refractivity contribution in [3.63, 3.8) is 0 Å². The second-order valence-electron chi connectivity index (χ2n) is 4.39. The lowest BCUT2D eigenvalue weighted by Gasteiger charge is -2.25. The van der Waals surface area contributed by atoms with Crippen LogP contribution in [-0.4, -0.2) is 23.4 Å². The number of carbonyl (C=O) groups excluding carboxylic acids is 1. The average Bonchev–Trinajstić information content (AvgIpc) is 2.34. The number of carbonyl (C=O) groups is 1. The molecular formula is C12H15N3O3. The molecule has 18 heavy (non-hydrogen) atoms. The van der Waals surface area contributed by atoms with Crippen molar-refractivity contribution in [3.05, 3.63) is 33.9 Å². The summed E-state index contributed by atoms with van der Waals surface area (Å²) in [6.45, 7) is 2.28. The molecule has 0 spiro atoms. The molecule has 1 aromatic rings. The van der Waals surface area contributed by atoms with Gasteiger partial charge in [-0.25, -0.2) is 0 Å². The highest BCUT2D eigenvalue weighted by Gasteiger charge is 2.20. The van der Waals surface area contributed by atoms with Crippen LogP contribution in [0.1, 0.15) is 18.4 Å². The number of nitrogens with zero attached hydrogens (tertiary/aromatic N) is 1. The van der Waals surface area contributed by atoms with E-state index in [0.29, 0.717) is 18.5 Å². The molecule has 2 N–H and O–H groups in total. The van der Waals surface area contributed by atoms with Gasteiger partial charge in [0.05, 0.1) is 4.92 Å². The van der Waals surface area contributed by atoms with E-state index in [1.165, 1.54) is 6.07 Å². The molecule has 96 valence electrons. The van der Waals surface area contributed by atoms with Gasteiger partial charge in [0.2, 0.25) is 5.91 Å². The van der Waals surface area contributed by atoms with Gasteiger partial charge in [-0.15, -0.1) is 0 Å². The molecule has 6 nitrogen and oxygen atoms in total. The molecule has 0 aliphatic carbocycles. The summed E-state index contributed by atoms with van der Waals surface area (Å²) >= 11 is 0. The smallest absolute Gasteiger partial charge is 0.274 e. The lowest BCUT2D eigenvalue weighted by atomic mass is 10.1. The van der Waals surface area contributed by atoms with Crippen molar-refractivity contribution in [1.82, 2.24) is 5.32 Å². The van der Waals surface area contributed by atoms with Gasteiger partial charge in [-0.05, 0) is 19.4 Å². The number of nitro groups is 1. The Morgan fingerprint density at radius 3 is 2.89 bits per heavy atom. The van der Waals surface area contributed by atoms with Gasteiger partial charge in [-0.3, -0.25) is 14.9 Å². The van der Waals surface area contributed by atoms with Gasteiger partial charge in [-0.2, -0.15) is 0 Å². The Balaban J connectivity index is 2.12. The molecule has 1 fully saturated rings. The first kappa shape index (κ1) is 12.3. The van der Waals surface area contributed by atoms with Crippen molar-refractivity contribution in [2.75, 3.05) is 11.9 Å². The molecule has 1 heterocycles. The van der Waals surface area contributed by atoms with E-state index < -0.39 is 0 Å². The van der Waals surface area contributed by atoms with E-state index in [4.69, 9.17) is 0 Å². The number of piperidine rings is 1. The van der Waals surface area contributed by atoms with Crippen LogP contribution in [0.2, 0.25) is 0 Å². The van der Waals surface area contributed by atoms with Crippen LogP contribution in [0.5, 0.6) is 0 Å². The number of nitrogens with one attached hydrogen (secondary N) is 2. The number of nitro benzene ring substituents is 1. The molecule has 1 aromatic carbocycles. The largest absolute Gasteiger partial charge is 0.380 e. The number of hydrogen-bond acceptors (Lipinski definition) is 4. The molecule has 2 rings (SSSR count). The first-order valence-electron chi connectivity index (χ1n) is 5.85.